The zero-order chi connectivity index (χ0) is 13.8. The van der Waals surface area contributed by atoms with Crippen LogP contribution >= 0.6 is 15.9 Å². The van der Waals surface area contributed by atoms with Gasteiger partial charge in [0.25, 0.3) is 5.91 Å². The number of ether oxygens (including phenoxy) is 1. The number of methoxy groups -OCH3 is 1. The van der Waals surface area contributed by atoms with E-state index in [9.17, 15) is 4.79 Å². The number of para-hydroxylation sites is 2. The van der Waals surface area contributed by atoms with Crippen LogP contribution in [0.3, 0.4) is 0 Å². The molecule has 0 aliphatic heterocycles. The van der Waals surface area contributed by atoms with E-state index < -0.39 is 0 Å². The molecule has 4 nitrogen and oxygen atoms in total. The third-order valence-electron chi connectivity index (χ3n) is 2.62. The van der Waals surface area contributed by atoms with Gasteiger partial charge in [0, 0.05) is 4.47 Å². The highest BCUT2D eigenvalue weighted by atomic mass is 79.9. The number of halogens is 1. The van der Waals surface area contributed by atoms with E-state index in [2.05, 4.69) is 21.2 Å². The predicted molar refractivity (Wildman–Crippen MR) is 79.5 cm³/mol. The summed E-state index contributed by atoms with van der Waals surface area (Å²) in [6.07, 6.45) is 0. The first-order chi connectivity index (χ1) is 9.11. The molecule has 1 amide bonds. The fourth-order valence-corrected chi connectivity index (χ4v) is 2.02. The summed E-state index contributed by atoms with van der Waals surface area (Å²) in [4.78, 5) is 12.2. The van der Waals surface area contributed by atoms with Gasteiger partial charge in [-0.05, 0) is 30.3 Å². The van der Waals surface area contributed by atoms with Crippen molar-refractivity contribution < 1.29 is 9.53 Å². The van der Waals surface area contributed by atoms with Crippen LogP contribution in [0.5, 0.6) is 5.75 Å². The molecule has 0 bridgehead atoms. The number of hydrogen-bond donors (Lipinski definition) is 2. The summed E-state index contributed by atoms with van der Waals surface area (Å²) in [6, 6.07) is 12.3. The number of rotatable bonds is 3. The third-order valence-corrected chi connectivity index (χ3v) is 3.11. The molecule has 0 aliphatic rings. The van der Waals surface area contributed by atoms with Gasteiger partial charge >= 0.3 is 0 Å². The van der Waals surface area contributed by atoms with Gasteiger partial charge in [0.05, 0.1) is 24.0 Å². The Morgan fingerprint density at radius 3 is 2.68 bits per heavy atom. The number of hydrogen-bond acceptors (Lipinski definition) is 3. The Morgan fingerprint density at radius 1 is 1.26 bits per heavy atom. The molecule has 0 aromatic heterocycles. The lowest BCUT2D eigenvalue weighted by Crippen LogP contribution is -2.14. The third kappa shape index (κ3) is 3.06. The highest BCUT2D eigenvalue weighted by Crippen LogP contribution is 2.25. The van der Waals surface area contributed by atoms with Gasteiger partial charge in [-0.2, -0.15) is 0 Å². The van der Waals surface area contributed by atoms with Crippen LogP contribution < -0.4 is 15.8 Å². The Hall–Kier alpha value is -2.01. The van der Waals surface area contributed by atoms with Crippen LogP contribution in [-0.2, 0) is 0 Å². The van der Waals surface area contributed by atoms with E-state index in [0.29, 0.717) is 22.7 Å². The number of carbonyl (C=O) groups excluding carboxylic acids is 1. The Balaban J connectivity index is 2.30. The van der Waals surface area contributed by atoms with Crippen molar-refractivity contribution in [2.75, 3.05) is 18.2 Å². The average molecular weight is 321 g/mol. The van der Waals surface area contributed by atoms with Gasteiger partial charge in [0.1, 0.15) is 5.75 Å². The van der Waals surface area contributed by atoms with Crippen LogP contribution in [0.4, 0.5) is 11.4 Å². The van der Waals surface area contributed by atoms with Crippen molar-refractivity contribution in [2.45, 2.75) is 0 Å². The van der Waals surface area contributed by atoms with Gasteiger partial charge in [-0.3, -0.25) is 4.79 Å². The Kier molecular flexibility index (Phi) is 4.06. The summed E-state index contributed by atoms with van der Waals surface area (Å²) in [5.41, 5.74) is 7.33. The quantitative estimate of drug-likeness (QED) is 0.853. The summed E-state index contributed by atoms with van der Waals surface area (Å²) in [5.74, 6) is 0.242. The Labute approximate surface area is 119 Å². The highest BCUT2D eigenvalue weighted by Gasteiger charge is 2.13. The standard InChI is InChI=1S/C14H13BrN2O2/c1-19-13-7-6-9(15)8-10(13)14(18)17-12-5-3-2-4-11(12)16/h2-8H,16H2,1H3,(H,17,18). The maximum Gasteiger partial charge on any atom is 0.259 e. The summed E-state index contributed by atoms with van der Waals surface area (Å²) in [7, 11) is 1.52. The normalized spacial score (nSPS) is 10.0. The predicted octanol–water partition coefficient (Wildman–Crippen LogP) is 3.29. The van der Waals surface area contributed by atoms with Gasteiger partial charge in [-0.25, -0.2) is 0 Å². The number of amides is 1. The lowest BCUT2D eigenvalue weighted by atomic mass is 10.1. The molecule has 0 unspecified atom stereocenters. The molecule has 0 heterocycles. The van der Waals surface area contributed by atoms with Crippen molar-refractivity contribution in [1.82, 2.24) is 0 Å². The molecule has 0 fully saturated rings. The van der Waals surface area contributed by atoms with Crippen LogP contribution in [0.15, 0.2) is 46.9 Å². The van der Waals surface area contributed by atoms with Crippen LogP contribution in [0, 0.1) is 0 Å². The first kappa shape index (κ1) is 13.4. The lowest BCUT2D eigenvalue weighted by Gasteiger charge is -2.11. The van der Waals surface area contributed by atoms with E-state index in [1.54, 1.807) is 24.3 Å². The number of benzene rings is 2. The van der Waals surface area contributed by atoms with Gasteiger partial charge in [-0.1, -0.05) is 28.1 Å². The second-order valence-electron chi connectivity index (χ2n) is 3.89. The average Bonchev–Trinajstić information content (AvgIpc) is 2.41. The number of nitrogens with two attached hydrogens (primary N) is 1. The largest absolute Gasteiger partial charge is 0.496 e. The summed E-state index contributed by atoms with van der Waals surface area (Å²) in [5, 5.41) is 2.76. The van der Waals surface area contributed by atoms with Crippen molar-refractivity contribution in [1.29, 1.82) is 0 Å². The molecule has 0 saturated heterocycles. The zero-order valence-electron chi connectivity index (χ0n) is 10.3. The van der Waals surface area contributed by atoms with Gasteiger partial charge < -0.3 is 15.8 Å². The molecule has 19 heavy (non-hydrogen) atoms. The maximum atomic E-state index is 12.2. The zero-order valence-corrected chi connectivity index (χ0v) is 11.9. The minimum absolute atomic E-state index is 0.268. The van der Waals surface area contributed by atoms with Gasteiger partial charge in [0.15, 0.2) is 0 Å². The Morgan fingerprint density at radius 2 is 2.00 bits per heavy atom. The molecule has 0 saturated carbocycles. The molecule has 2 aromatic carbocycles. The van der Waals surface area contributed by atoms with Crippen molar-refractivity contribution in [2.24, 2.45) is 0 Å². The van der Waals surface area contributed by atoms with Crippen LogP contribution in [-0.4, -0.2) is 13.0 Å². The molecule has 0 aliphatic carbocycles. The lowest BCUT2D eigenvalue weighted by molar-refractivity contribution is 0.102. The molecule has 0 spiro atoms. The van der Waals surface area contributed by atoms with E-state index in [-0.39, 0.29) is 5.91 Å². The van der Waals surface area contributed by atoms with Gasteiger partial charge in [-0.15, -0.1) is 0 Å². The number of nitrogens with one attached hydrogen (secondary N) is 1. The summed E-state index contributed by atoms with van der Waals surface area (Å²) >= 11 is 3.33. The van der Waals surface area contributed by atoms with E-state index in [4.69, 9.17) is 10.5 Å². The molecular weight excluding hydrogens is 308 g/mol. The molecular formula is C14H13BrN2O2. The second-order valence-corrected chi connectivity index (χ2v) is 4.80. The van der Waals surface area contributed by atoms with Crippen molar-refractivity contribution in [3.63, 3.8) is 0 Å². The SMILES string of the molecule is COc1ccc(Br)cc1C(=O)Nc1ccccc1N. The Bertz CT molecular complexity index is 614. The van der Waals surface area contributed by atoms with Gasteiger partial charge in [0.2, 0.25) is 0 Å². The second kappa shape index (κ2) is 5.75. The molecule has 0 atom stereocenters. The minimum atomic E-state index is -0.268. The van der Waals surface area contributed by atoms with Crippen molar-refractivity contribution >= 4 is 33.2 Å². The van der Waals surface area contributed by atoms with E-state index in [0.717, 1.165) is 4.47 Å². The fourth-order valence-electron chi connectivity index (χ4n) is 1.66. The first-order valence-electron chi connectivity index (χ1n) is 5.61. The smallest absolute Gasteiger partial charge is 0.259 e. The van der Waals surface area contributed by atoms with E-state index in [1.807, 2.05) is 18.2 Å². The molecule has 98 valence electrons. The molecule has 0 radical (unpaired) electrons. The number of anilines is 2. The summed E-state index contributed by atoms with van der Waals surface area (Å²) in [6.45, 7) is 0. The van der Waals surface area contributed by atoms with Crippen molar-refractivity contribution in [3.05, 3.63) is 52.5 Å². The summed E-state index contributed by atoms with van der Waals surface area (Å²) < 4.78 is 5.98. The number of nitrogen functional groups attached to an aromatic ring is 1. The maximum absolute atomic E-state index is 12.2. The minimum Gasteiger partial charge on any atom is -0.496 e. The molecule has 2 aromatic rings. The van der Waals surface area contributed by atoms with Crippen LogP contribution in [0.1, 0.15) is 10.4 Å². The van der Waals surface area contributed by atoms with Crippen molar-refractivity contribution in [3.8, 4) is 5.75 Å². The molecule has 5 heteroatoms. The van der Waals surface area contributed by atoms with Crippen LogP contribution in [0.25, 0.3) is 0 Å². The first-order valence-corrected chi connectivity index (χ1v) is 6.40. The highest BCUT2D eigenvalue weighted by molar-refractivity contribution is 9.10. The van der Waals surface area contributed by atoms with E-state index in [1.165, 1.54) is 7.11 Å². The number of carbonyl (C=O) groups is 1. The topological polar surface area (TPSA) is 64.3 Å². The van der Waals surface area contributed by atoms with Crippen LogP contribution in [0.2, 0.25) is 0 Å². The molecule has 2 rings (SSSR count). The van der Waals surface area contributed by atoms with E-state index >= 15 is 0 Å². The fraction of sp³-hybridized carbons (Fsp3) is 0.0714. The molecule has 3 N–H and O–H groups in total. The monoisotopic (exact) mass is 320 g/mol.